The molecule has 2 heterocycles. The fourth-order valence-electron chi connectivity index (χ4n) is 3.33. The fraction of sp³-hybridized carbons (Fsp3) is 0.368. The maximum Gasteiger partial charge on any atom is 0.133 e. The molecule has 138 valence electrons. The second kappa shape index (κ2) is 7.19. The molecule has 1 saturated heterocycles. The number of benzene rings is 2. The van der Waals surface area contributed by atoms with E-state index in [0.29, 0.717) is 0 Å². The quantitative estimate of drug-likeness (QED) is 0.643. The van der Waals surface area contributed by atoms with Crippen molar-refractivity contribution in [3.05, 3.63) is 59.7 Å². The highest BCUT2D eigenvalue weighted by Gasteiger charge is 2.45. The molecule has 1 fully saturated rings. The van der Waals surface area contributed by atoms with Crippen LogP contribution in [0.1, 0.15) is 16.4 Å². The number of aliphatic hydroxyl groups is 4. The Morgan fingerprint density at radius 2 is 1.38 bits per heavy atom. The van der Waals surface area contributed by atoms with E-state index in [-0.39, 0.29) is 5.25 Å². The van der Waals surface area contributed by atoms with Gasteiger partial charge < -0.3 is 29.9 Å². The van der Waals surface area contributed by atoms with E-state index < -0.39 is 36.5 Å². The first-order valence-corrected chi connectivity index (χ1v) is 9.36. The van der Waals surface area contributed by atoms with Crippen molar-refractivity contribution in [1.29, 1.82) is 0 Å². The molecule has 5 atom stereocenters. The first-order chi connectivity index (χ1) is 12.6. The Morgan fingerprint density at radius 1 is 0.808 bits per heavy atom. The lowest BCUT2D eigenvalue weighted by molar-refractivity contribution is -0.205. The number of para-hydroxylation sites is 2. The van der Waals surface area contributed by atoms with Crippen molar-refractivity contribution in [3.63, 3.8) is 0 Å². The smallest absolute Gasteiger partial charge is 0.133 e. The van der Waals surface area contributed by atoms with Crippen molar-refractivity contribution >= 4 is 11.8 Å². The lowest BCUT2D eigenvalue weighted by Crippen LogP contribution is -2.57. The predicted octanol–water partition coefficient (Wildman–Crippen LogP) is 1.41. The summed E-state index contributed by atoms with van der Waals surface area (Å²) in [7, 11) is 0. The van der Waals surface area contributed by atoms with Crippen molar-refractivity contribution < 1.29 is 29.9 Å². The van der Waals surface area contributed by atoms with E-state index >= 15 is 0 Å². The summed E-state index contributed by atoms with van der Waals surface area (Å²) >= 11 is 1.33. The third kappa shape index (κ3) is 3.00. The van der Waals surface area contributed by atoms with Crippen LogP contribution in [-0.4, -0.2) is 56.9 Å². The third-order valence-electron chi connectivity index (χ3n) is 4.74. The third-order valence-corrected chi connectivity index (χ3v) is 6.18. The van der Waals surface area contributed by atoms with Gasteiger partial charge in [0.05, 0.1) is 11.9 Å². The number of rotatable bonds is 3. The fourth-order valence-corrected chi connectivity index (χ4v) is 4.81. The van der Waals surface area contributed by atoms with E-state index in [1.54, 1.807) is 0 Å². The number of aliphatic hydroxyl groups excluding tert-OH is 4. The SMILES string of the molecule is OC[C@H]1O[C@@H](SC2c3ccccc3Oc3ccccc32)[C@H](O)[C@@H](O)[C@@H]1O. The highest BCUT2D eigenvalue weighted by molar-refractivity contribution is 8.00. The Bertz CT molecular complexity index is 737. The maximum atomic E-state index is 10.4. The zero-order chi connectivity index (χ0) is 18.3. The number of hydrogen-bond donors (Lipinski definition) is 4. The minimum Gasteiger partial charge on any atom is -0.457 e. The zero-order valence-corrected chi connectivity index (χ0v) is 14.6. The molecule has 4 rings (SSSR count). The molecule has 0 saturated carbocycles. The van der Waals surface area contributed by atoms with Gasteiger partial charge in [-0.05, 0) is 12.1 Å². The molecule has 6 nitrogen and oxygen atoms in total. The topological polar surface area (TPSA) is 99.4 Å². The van der Waals surface area contributed by atoms with Gasteiger partial charge in [-0.1, -0.05) is 36.4 Å². The van der Waals surface area contributed by atoms with Gasteiger partial charge in [0, 0.05) is 11.1 Å². The predicted molar refractivity (Wildman–Crippen MR) is 96.2 cm³/mol. The van der Waals surface area contributed by atoms with Gasteiger partial charge in [0.1, 0.15) is 41.4 Å². The molecule has 0 bridgehead atoms. The van der Waals surface area contributed by atoms with Crippen LogP contribution in [-0.2, 0) is 4.74 Å². The van der Waals surface area contributed by atoms with E-state index in [1.807, 2.05) is 48.5 Å². The zero-order valence-electron chi connectivity index (χ0n) is 13.8. The summed E-state index contributed by atoms with van der Waals surface area (Å²) in [6.45, 7) is -0.442. The van der Waals surface area contributed by atoms with E-state index in [4.69, 9.17) is 9.47 Å². The average Bonchev–Trinajstić information content (AvgIpc) is 2.68. The van der Waals surface area contributed by atoms with Crippen molar-refractivity contribution in [2.24, 2.45) is 0 Å². The van der Waals surface area contributed by atoms with Crippen LogP contribution < -0.4 is 4.74 Å². The Labute approximate surface area is 155 Å². The first-order valence-electron chi connectivity index (χ1n) is 8.42. The first kappa shape index (κ1) is 17.8. The number of hydrogen-bond acceptors (Lipinski definition) is 7. The molecule has 4 N–H and O–H groups in total. The maximum absolute atomic E-state index is 10.4. The van der Waals surface area contributed by atoms with Crippen LogP contribution in [0, 0.1) is 0 Å². The molecule has 0 amide bonds. The van der Waals surface area contributed by atoms with Gasteiger partial charge in [-0.2, -0.15) is 0 Å². The highest BCUT2D eigenvalue weighted by atomic mass is 32.2. The standard InChI is InChI=1S/C19H20O6S/c20-9-14-15(21)16(22)17(23)19(25-14)26-18-10-5-1-3-7-12(10)24-13-8-4-2-6-11(13)18/h1-8,14-23H,9H2/t14-,15-,16+,17-,19+/m1/s1. The summed E-state index contributed by atoms with van der Waals surface area (Å²) in [6.07, 6.45) is -4.94. The van der Waals surface area contributed by atoms with Gasteiger partial charge in [0.15, 0.2) is 0 Å². The summed E-state index contributed by atoms with van der Waals surface area (Å²) < 4.78 is 11.6. The normalized spacial score (nSPS) is 31.0. The monoisotopic (exact) mass is 376 g/mol. The molecule has 2 aromatic carbocycles. The summed E-state index contributed by atoms with van der Waals surface area (Å²) in [5.41, 5.74) is 1.07. The Hall–Kier alpha value is -1.61. The molecule has 0 aliphatic carbocycles. The second-order valence-corrected chi connectivity index (χ2v) is 7.60. The number of fused-ring (bicyclic) bond motifs is 2. The molecule has 2 aromatic rings. The van der Waals surface area contributed by atoms with Gasteiger partial charge in [-0.15, -0.1) is 11.8 Å². The van der Waals surface area contributed by atoms with Crippen LogP contribution in [0.4, 0.5) is 0 Å². The highest BCUT2D eigenvalue weighted by Crippen LogP contribution is 2.51. The lowest BCUT2D eigenvalue weighted by atomic mass is 10.00. The van der Waals surface area contributed by atoms with Crippen LogP contribution in [0.2, 0.25) is 0 Å². The van der Waals surface area contributed by atoms with Crippen LogP contribution in [0.25, 0.3) is 0 Å². The minimum atomic E-state index is -1.39. The van der Waals surface area contributed by atoms with Gasteiger partial charge in [0.2, 0.25) is 0 Å². The van der Waals surface area contributed by atoms with E-state index in [0.717, 1.165) is 22.6 Å². The van der Waals surface area contributed by atoms with Gasteiger partial charge in [0.25, 0.3) is 0 Å². The largest absolute Gasteiger partial charge is 0.457 e. The summed E-state index contributed by atoms with van der Waals surface area (Å²) in [4.78, 5) is 0. The molecule has 0 aromatic heterocycles. The van der Waals surface area contributed by atoms with E-state index in [1.165, 1.54) is 11.8 Å². The van der Waals surface area contributed by atoms with Gasteiger partial charge in [-0.25, -0.2) is 0 Å². The van der Waals surface area contributed by atoms with Crippen LogP contribution >= 0.6 is 11.8 Å². The number of ether oxygens (including phenoxy) is 2. The molecule has 0 spiro atoms. The van der Waals surface area contributed by atoms with Gasteiger partial charge in [-0.3, -0.25) is 0 Å². The Kier molecular flexibility index (Phi) is 4.92. The van der Waals surface area contributed by atoms with Crippen LogP contribution in [0.3, 0.4) is 0 Å². The summed E-state index contributed by atoms with van der Waals surface area (Å²) in [5, 5.41) is 39.6. The molecular weight excluding hydrogens is 356 g/mol. The van der Waals surface area contributed by atoms with Crippen molar-refractivity contribution in [2.75, 3.05) is 6.61 Å². The van der Waals surface area contributed by atoms with Crippen molar-refractivity contribution in [3.8, 4) is 11.5 Å². The Morgan fingerprint density at radius 3 is 1.96 bits per heavy atom. The molecular formula is C19H20O6S. The lowest BCUT2D eigenvalue weighted by Gasteiger charge is -2.41. The summed E-state index contributed by atoms with van der Waals surface area (Å²) in [6, 6.07) is 15.3. The molecule has 0 radical (unpaired) electrons. The van der Waals surface area contributed by atoms with E-state index in [2.05, 4.69) is 0 Å². The van der Waals surface area contributed by atoms with Crippen LogP contribution in [0.15, 0.2) is 48.5 Å². The molecule has 26 heavy (non-hydrogen) atoms. The molecule has 2 aliphatic heterocycles. The van der Waals surface area contributed by atoms with Crippen LogP contribution in [0.5, 0.6) is 11.5 Å². The second-order valence-electron chi connectivity index (χ2n) is 6.39. The summed E-state index contributed by atoms with van der Waals surface area (Å²) in [5.74, 6) is 1.46. The van der Waals surface area contributed by atoms with Gasteiger partial charge >= 0.3 is 0 Å². The average molecular weight is 376 g/mol. The molecule has 2 aliphatic rings. The minimum absolute atomic E-state index is 0.183. The number of thioether (sulfide) groups is 1. The van der Waals surface area contributed by atoms with E-state index in [9.17, 15) is 20.4 Å². The molecule has 0 unspecified atom stereocenters. The molecule has 7 heteroatoms. The Balaban J connectivity index is 1.68. The van der Waals surface area contributed by atoms with Crippen molar-refractivity contribution in [1.82, 2.24) is 0 Å². The van der Waals surface area contributed by atoms with Crippen molar-refractivity contribution in [2.45, 2.75) is 35.1 Å².